The second-order valence-corrected chi connectivity index (χ2v) is 2.01. The van der Waals surface area contributed by atoms with E-state index in [4.69, 9.17) is 10.00 Å². The van der Waals surface area contributed by atoms with Crippen LogP contribution in [0, 0.1) is 11.3 Å². The molecule has 0 N–H and O–H groups in total. The largest absolute Gasteiger partial charge is 0.353 e. The van der Waals surface area contributed by atoms with Gasteiger partial charge in [0, 0.05) is 0 Å². The van der Waals surface area contributed by atoms with Crippen molar-refractivity contribution in [3.8, 4) is 6.07 Å². The fourth-order valence-electron chi connectivity index (χ4n) is 0.760. The minimum Gasteiger partial charge on any atom is -0.353 e. The molecule has 1 rings (SSSR count). The van der Waals surface area contributed by atoms with Crippen molar-refractivity contribution in [3.63, 3.8) is 0 Å². The number of rotatable bonds is 2. The molecule has 2 atom stereocenters. The van der Waals surface area contributed by atoms with Crippen LogP contribution in [0.25, 0.3) is 0 Å². The Labute approximate surface area is 49.1 Å². The van der Waals surface area contributed by atoms with Crippen molar-refractivity contribution in [3.05, 3.63) is 0 Å². The summed E-state index contributed by atoms with van der Waals surface area (Å²) < 4.78 is 4.95. The second kappa shape index (κ2) is 2.15. The first-order valence-corrected chi connectivity index (χ1v) is 2.93. The average Bonchev–Trinajstić information content (AvgIpc) is 2.48. The molecule has 0 aliphatic carbocycles. The number of nitrogens with zero attached hydrogens (tertiary/aromatic N) is 1. The van der Waals surface area contributed by atoms with E-state index in [1.165, 1.54) is 0 Å². The summed E-state index contributed by atoms with van der Waals surface area (Å²) in [6, 6.07) is 2.05. The van der Waals surface area contributed by atoms with E-state index in [0.717, 1.165) is 12.8 Å². The molecule has 0 aromatic rings. The first-order chi connectivity index (χ1) is 3.88. The van der Waals surface area contributed by atoms with Crippen LogP contribution in [0.3, 0.4) is 0 Å². The topological polar surface area (TPSA) is 36.3 Å². The van der Waals surface area contributed by atoms with Gasteiger partial charge in [-0.1, -0.05) is 13.3 Å². The standard InChI is InChI=1S/C6H9NO/c1-2-3-5-6(4-7)8-5/h5-6H,2-3H2,1H3/t5-,6+/m1/s1. The normalized spacial score (nSPS) is 34.0. The van der Waals surface area contributed by atoms with Gasteiger partial charge in [-0.3, -0.25) is 0 Å². The molecule has 1 fully saturated rings. The van der Waals surface area contributed by atoms with E-state index in [-0.39, 0.29) is 12.2 Å². The Morgan fingerprint density at radius 2 is 2.50 bits per heavy atom. The third-order valence-electron chi connectivity index (χ3n) is 1.28. The first-order valence-electron chi connectivity index (χ1n) is 2.93. The van der Waals surface area contributed by atoms with Gasteiger partial charge in [0.05, 0.1) is 12.2 Å². The summed E-state index contributed by atoms with van der Waals surface area (Å²) in [6.45, 7) is 2.09. The van der Waals surface area contributed by atoms with Crippen LogP contribution >= 0.6 is 0 Å². The van der Waals surface area contributed by atoms with E-state index in [0.29, 0.717) is 0 Å². The van der Waals surface area contributed by atoms with Crippen LogP contribution in [0.1, 0.15) is 19.8 Å². The zero-order chi connectivity index (χ0) is 5.98. The molecule has 1 aliphatic rings. The molecule has 0 amide bonds. The molecule has 2 heteroatoms. The molecule has 1 heterocycles. The van der Waals surface area contributed by atoms with Crippen molar-refractivity contribution < 1.29 is 4.74 Å². The van der Waals surface area contributed by atoms with E-state index in [1.807, 2.05) is 0 Å². The van der Waals surface area contributed by atoms with Crippen LogP contribution in [-0.4, -0.2) is 12.2 Å². The Hall–Kier alpha value is -0.550. The van der Waals surface area contributed by atoms with Gasteiger partial charge in [0.2, 0.25) is 0 Å². The molecule has 0 bridgehead atoms. The molecular weight excluding hydrogens is 102 g/mol. The number of epoxide rings is 1. The summed E-state index contributed by atoms with van der Waals surface area (Å²) in [4.78, 5) is 0. The molecule has 0 saturated carbocycles. The lowest BCUT2D eigenvalue weighted by Gasteiger charge is -1.80. The molecule has 0 aromatic carbocycles. The Morgan fingerprint density at radius 1 is 1.75 bits per heavy atom. The molecule has 2 nitrogen and oxygen atoms in total. The minimum absolute atomic E-state index is 0.0741. The Balaban J connectivity index is 2.10. The van der Waals surface area contributed by atoms with E-state index < -0.39 is 0 Å². The molecule has 0 unspecified atom stereocenters. The molecule has 1 saturated heterocycles. The van der Waals surface area contributed by atoms with Gasteiger partial charge < -0.3 is 4.74 Å². The highest BCUT2D eigenvalue weighted by Crippen LogP contribution is 2.24. The maximum Gasteiger partial charge on any atom is 0.170 e. The summed E-state index contributed by atoms with van der Waals surface area (Å²) in [5.41, 5.74) is 0. The Morgan fingerprint density at radius 3 is 2.88 bits per heavy atom. The quantitative estimate of drug-likeness (QED) is 0.500. The third-order valence-corrected chi connectivity index (χ3v) is 1.28. The molecule has 0 aromatic heterocycles. The first kappa shape index (κ1) is 5.58. The summed E-state index contributed by atoms with van der Waals surface area (Å²) in [7, 11) is 0. The van der Waals surface area contributed by atoms with E-state index >= 15 is 0 Å². The number of nitriles is 1. The van der Waals surface area contributed by atoms with Crippen LogP contribution in [0.2, 0.25) is 0 Å². The van der Waals surface area contributed by atoms with Gasteiger partial charge in [0.1, 0.15) is 0 Å². The van der Waals surface area contributed by atoms with Crippen LogP contribution < -0.4 is 0 Å². The predicted molar refractivity (Wildman–Crippen MR) is 29.2 cm³/mol. The van der Waals surface area contributed by atoms with Crippen LogP contribution in [-0.2, 0) is 4.74 Å². The number of hydrogen-bond donors (Lipinski definition) is 0. The highest BCUT2D eigenvalue weighted by atomic mass is 16.6. The van der Waals surface area contributed by atoms with Gasteiger partial charge in [-0.15, -0.1) is 0 Å². The Bertz CT molecular complexity index is 116. The molecule has 0 spiro atoms. The van der Waals surface area contributed by atoms with Crippen molar-refractivity contribution in [1.29, 1.82) is 5.26 Å². The summed E-state index contributed by atoms with van der Waals surface area (Å²) in [6.07, 6.45) is 2.35. The molecule has 0 radical (unpaired) electrons. The van der Waals surface area contributed by atoms with Crippen LogP contribution in [0.5, 0.6) is 0 Å². The lowest BCUT2D eigenvalue weighted by atomic mass is 10.2. The van der Waals surface area contributed by atoms with E-state index in [2.05, 4.69) is 13.0 Å². The summed E-state index contributed by atoms with van der Waals surface area (Å²) in [5.74, 6) is 0. The Kier molecular flexibility index (Phi) is 1.50. The SMILES string of the molecule is CCC[C@H]1O[C@H]1C#N. The van der Waals surface area contributed by atoms with Crippen molar-refractivity contribution in [2.24, 2.45) is 0 Å². The smallest absolute Gasteiger partial charge is 0.170 e. The maximum atomic E-state index is 8.23. The van der Waals surface area contributed by atoms with Crippen LogP contribution in [0.4, 0.5) is 0 Å². The molecular formula is C6H9NO. The zero-order valence-electron chi connectivity index (χ0n) is 4.92. The highest BCUT2D eigenvalue weighted by molar-refractivity contribution is 5.01. The predicted octanol–water partition coefficient (Wildman–Crippen LogP) is 1.08. The van der Waals surface area contributed by atoms with Crippen LogP contribution in [0.15, 0.2) is 0 Å². The monoisotopic (exact) mass is 111 g/mol. The average molecular weight is 111 g/mol. The van der Waals surface area contributed by atoms with Gasteiger partial charge in [-0.05, 0) is 6.42 Å². The van der Waals surface area contributed by atoms with Gasteiger partial charge in [0.25, 0.3) is 0 Å². The van der Waals surface area contributed by atoms with Gasteiger partial charge in [-0.25, -0.2) is 0 Å². The second-order valence-electron chi connectivity index (χ2n) is 2.01. The van der Waals surface area contributed by atoms with Gasteiger partial charge >= 0.3 is 0 Å². The van der Waals surface area contributed by atoms with Gasteiger partial charge in [0.15, 0.2) is 6.10 Å². The number of ether oxygens (including phenoxy) is 1. The molecule has 44 valence electrons. The summed E-state index contributed by atoms with van der Waals surface area (Å²) >= 11 is 0. The van der Waals surface area contributed by atoms with Crippen molar-refractivity contribution in [2.75, 3.05) is 0 Å². The van der Waals surface area contributed by atoms with Gasteiger partial charge in [-0.2, -0.15) is 5.26 Å². The van der Waals surface area contributed by atoms with Crippen molar-refractivity contribution >= 4 is 0 Å². The lowest BCUT2D eigenvalue weighted by Crippen LogP contribution is -1.87. The number of hydrogen-bond acceptors (Lipinski definition) is 2. The maximum absolute atomic E-state index is 8.23. The highest BCUT2D eigenvalue weighted by Gasteiger charge is 2.37. The van der Waals surface area contributed by atoms with E-state index in [9.17, 15) is 0 Å². The fourth-order valence-corrected chi connectivity index (χ4v) is 0.760. The van der Waals surface area contributed by atoms with Crippen molar-refractivity contribution in [2.45, 2.75) is 32.0 Å². The lowest BCUT2D eigenvalue weighted by molar-refractivity contribution is 0.380. The fraction of sp³-hybridized carbons (Fsp3) is 0.833. The molecule has 1 aliphatic heterocycles. The minimum atomic E-state index is -0.0741. The van der Waals surface area contributed by atoms with Crippen molar-refractivity contribution in [1.82, 2.24) is 0 Å². The third kappa shape index (κ3) is 0.988. The van der Waals surface area contributed by atoms with E-state index in [1.54, 1.807) is 0 Å². The molecule has 8 heavy (non-hydrogen) atoms. The zero-order valence-corrected chi connectivity index (χ0v) is 4.92. The summed E-state index contributed by atoms with van der Waals surface area (Å²) in [5, 5.41) is 8.23.